The highest BCUT2D eigenvalue weighted by Crippen LogP contribution is 2.40. The first-order valence-corrected chi connectivity index (χ1v) is 17.1. The Labute approximate surface area is 277 Å². The van der Waals surface area contributed by atoms with Crippen LogP contribution in [-0.2, 0) is 25.7 Å². The Morgan fingerprint density at radius 3 is 2.51 bits per heavy atom. The number of carbonyl (C=O) groups is 2. The molecule has 1 aromatic heterocycles. The molecule has 1 aliphatic heterocycles. The monoisotopic (exact) mass is 667 g/mol. The molecule has 1 unspecified atom stereocenters. The minimum Gasteiger partial charge on any atom is -0.433 e. The Hall–Kier alpha value is -3.89. The number of amides is 1. The second-order valence-corrected chi connectivity index (χ2v) is 12.7. The summed E-state index contributed by atoms with van der Waals surface area (Å²) in [6, 6.07) is 15.9. The number of tetrazole rings is 1. The van der Waals surface area contributed by atoms with Crippen molar-refractivity contribution in [2.24, 2.45) is 4.99 Å². The van der Waals surface area contributed by atoms with Crippen molar-refractivity contribution < 1.29 is 34.3 Å². The van der Waals surface area contributed by atoms with Crippen molar-refractivity contribution in [1.29, 1.82) is 0 Å². The molecule has 3 aromatic rings. The van der Waals surface area contributed by atoms with Crippen LogP contribution in [0.3, 0.4) is 0 Å². The molecule has 14 nitrogen and oxygen atoms in total. The predicted molar refractivity (Wildman–Crippen MR) is 173 cm³/mol. The first-order chi connectivity index (χ1) is 22.8. The highest BCUT2D eigenvalue weighted by Gasteiger charge is 2.49. The Kier molecular flexibility index (Phi) is 11.9. The normalized spacial score (nSPS) is 16.2. The van der Waals surface area contributed by atoms with Crippen molar-refractivity contribution in [2.75, 3.05) is 24.7 Å². The van der Waals surface area contributed by atoms with Crippen molar-refractivity contribution in [3.8, 4) is 22.5 Å². The molecule has 1 fully saturated rings. The number of benzene rings is 2. The average Bonchev–Trinajstić information content (AvgIpc) is 3.81. The molecule has 5 rings (SSSR count). The molecule has 252 valence electrons. The molecular weight excluding hydrogens is 626 g/mol. The molecule has 0 radical (unpaired) electrons. The molecule has 0 saturated heterocycles. The molecule has 2 aromatic carbocycles. The van der Waals surface area contributed by atoms with Crippen molar-refractivity contribution >= 4 is 29.7 Å². The van der Waals surface area contributed by atoms with E-state index in [0.717, 1.165) is 73.0 Å². The van der Waals surface area contributed by atoms with Crippen LogP contribution in [0.4, 0.5) is 4.79 Å². The maximum atomic E-state index is 13.6. The molecule has 1 amide bonds. The smallest absolute Gasteiger partial charge is 0.433 e. The van der Waals surface area contributed by atoms with E-state index in [1.165, 1.54) is 16.6 Å². The third kappa shape index (κ3) is 8.73. The van der Waals surface area contributed by atoms with Gasteiger partial charge in [0.1, 0.15) is 18.0 Å². The van der Waals surface area contributed by atoms with Crippen LogP contribution in [0.2, 0.25) is 0 Å². The zero-order valence-corrected chi connectivity index (χ0v) is 27.5. The van der Waals surface area contributed by atoms with Gasteiger partial charge in [-0.2, -0.15) is 11.8 Å². The van der Waals surface area contributed by atoms with E-state index in [1.54, 1.807) is 6.92 Å². The van der Waals surface area contributed by atoms with Crippen LogP contribution in [0, 0.1) is 0 Å². The minimum atomic E-state index is -0.872. The summed E-state index contributed by atoms with van der Waals surface area (Å²) in [5.74, 6) is 2.39. The topological polar surface area (TPSA) is 165 Å². The number of hydrogen-bond donors (Lipinski definition) is 2. The molecule has 2 N–H and O–H groups in total. The zero-order valence-electron chi connectivity index (χ0n) is 26.7. The maximum absolute atomic E-state index is 13.6. The van der Waals surface area contributed by atoms with Crippen LogP contribution in [-0.4, -0.2) is 89.1 Å². The number of thioether (sulfide) groups is 1. The molecule has 1 atom stereocenters. The van der Waals surface area contributed by atoms with Gasteiger partial charge in [-0.1, -0.05) is 74.7 Å². The van der Waals surface area contributed by atoms with Gasteiger partial charge in [-0.05, 0) is 48.1 Å². The lowest BCUT2D eigenvalue weighted by Gasteiger charge is -2.23. The maximum Gasteiger partial charge on any atom is 0.510 e. The van der Waals surface area contributed by atoms with Gasteiger partial charge in [-0.25, -0.2) is 9.63 Å². The molecular formula is C32H41N7O7S. The zero-order chi connectivity index (χ0) is 33.2. The number of carbonyl (C=O) groups excluding carboxylic acids is 2. The minimum absolute atomic E-state index is 0.0883. The molecule has 1 aliphatic carbocycles. The lowest BCUT2D eigenvalue weighted by Crippen LogP contribution is -2.40. The number of rotatable bonds is 16. The van der Waals surface area contributed by atoms with Gasteiger partial charge in [0.05, 0.1) is 18.5 Å². The lowest BCUT2D eigenvalue weighted by atomic mass is 9.97. The van der Waals surface area contributed by atoms with Crippen LogP contribution in [0.1, 0.15) is 70.6 Å². The van der Waals surface area contributed by atoms with Crippen LogP contribution >= 0.6 is 11.8 Å². The van der Waals surface area contributed by atoms with E-state index >= 15 is 0 Å². The van der Waals surface area contributed by atoms with E-state index < -0.39 is 17.9 Å². The van der Waals surface area contributed by atoms with Crippen molar-refractivity contribution in [3.05, 3.63) is 54.1 Å². The fourth-order valence-electron chi connectivity index (χ4n) is 5.77. The van der Waals surface area contributed by atoms with Crippen LogP contribution in [0.15, 0.2) is 53.5 Å². The van der Waals surface area contributed by atoms with Crippen LogP contribution in [0.25, 0.3) is 22.5 Å². The molecule has 2 heterocycles. The summed E-state index contributed by atoms with van der Waals surface area (Å²) >= 11 is 1.40. The average molecular weight is 668 g/mol. The number of hydrogen-bond acceptors (Lipinski definition) is 13. The summed E-state index contributed by atoms with van der Waals surface area (Å²) in [5, 5.41) is 29.4. The summed E-state index contributed by atoms with van der Waals surface area (Å²) < 4.78 is 10.4. The van der Waals surface area contributed by atoms with Crippen molar-refractivity contribution in [3.63, 3.8) is 0 Å². The number of aromatic nitrogens is 4. The Morgan fingerprint density at radius 2 is 1.79 bits per heavy atom. The van der Waals surface area contributed by atoms with E-state index in [-0.39, 0.29) is 24.5 Å². The predicted octanol–water partition coefficient (Wildman–Crippen LogP) is 5.67. The second kappa shape index (κ2) is 16.3. The molecule has 47 heavy (non-hydrogen) atoms. The van der Waals surface area contributed by atoms with Crippen LogP contribution < -0.4 is 0 Å². The molecule has 1 spiro atoms. The fourth-order valence-corrected chi connectivity index (χ4v) is 6.37. The van der Waals surface area contributed by atoms with Gasteiger partial charge in [0.15, 0.2) is 0 Å². The second-order valence-electron chi connectivity index (χ2n) is 11.5. The number of aliphatic imine (C=N–C) groups is 1. The number of unbranched alkanes of at least 4 members (excludes halogenated alkanes) is 1. The third-order valence-electron chi connectivity index (χ3n) is 8.16. The highest BCUT2D eigenvalue weighted by atomic mass is 32.2. The Morgan fingerprint density at radius 1 is 1.06 bits per heavy atom. The van der Waals surface area contributed by atoms with Crippen molar-refractivity contribution in [2.45, 2.75) is 77.1 Å². The lowest BCUT2D eigenvalue weighted by molar-refractivity contribution is -0.490. The van der Waals surface area contributed by atoms with E-state index in [0.29, 0.717) is 23.9 Å². The molecule has 15 heteroatoms. The summed E-state index contributed by atoms with van der Waals surface area (Å²) in [5.41, 5.74) is 3.13. The van der Waals surface area contributed by atoms with Gasteiger partial charge in [-0.15, -0.1) is 15.0 Å². The van der Waals surface area contributed by atoms with E-state index in [2.05, 4.69) is 27.2 Å². The van der Waals surface area contributed by atoms with Gasteiger partial charge in [0.25, 0.3) is 5.91 Å². The largest absolute Gasteiger partial charge is 0.510 e. The van der Waals surface area contributed by atoms with Gasteiger partial charge in [0, 0.05) is 23.5 Å². The SMILES string of the molecule is CCCCC1=NC2(CCCC2)C(=O)N1Cc1ccc(-c2ccccc2-c2nnn(C(C)OC(=O)OCCSCCON(O)O)n2)cc1. The van der Waals surface area contributed by atoms with Crippen molar-refractivity contribution in [1.82, 2.24) is 30.5 Å². The summed E-state index contributed by atoms with van der Waals surface area (Å²) in [7, 11) is 0. The summed E-state index contributed by atoms with van der Waals surface area (Å²) in [4.78, 5) is 38.3. The number of amidine groups is 1. The summed E-state index contributed by atoms with van der Waals surface area (Å²) in [6.45, 7) is 4.45. The Balaban J connectivity index is 1.19. The first kappa shape index (κ1) is 34.4. The molecule has 0 bridgehead atoms. The van der Waals surface area contributed by atoms with E-state index in [9.17, 15) is 9.59 Å². The van der Waals surface area contributed by atoms with Gasteiger partial charge >= 0.3 is 6.16 Å². The number of ether oxygens (including phenoxy) is 2. The van der Waals surface area contributed by atoms with E-state index in [1.807, 2.05) is 53.4 Å². The first-order valence-electron chi connectivity index (χ1n) is 15.9. The molecule has 1 saturated carbocycles. The third-order valence-corrected chi connectivity index (χ3v) is 9.07. The highest BCUT2D eigenvalue weighted by molar-refractivity contribution is 7.99. The van der Waals surface area contributed by atoms with Gasteiger partial charge in [0.2, 0.25) is 12.1 Å². The Bertz CT molecular complexity index is 1530. The quantitative estimate of drug-likeness (QED) is 0.109. The van der Waals surface area contributed by atoms with Gasteiger partial charge in [-0.3, -0.25) is 25.1 Å². The van der Waals surface area contributed by atoms with Gasteiger partial charge < -0.3 is 9.47 Å². The van der Waals surface area contributed by atoms with E-state index in [4.69, 9.17) is 24.9 Å². The fraction of sp³-hybridized carbons (Fsp3) is 0.500. The standard InChI is InChI=1S/C32H41N7O7S/c1-3-4-11-28-33-32(16-7-8-17-32)30(40)37(28)22-24-12-14-25(15-13-24)26-9-5-6-10-27(26)29-34-36-38(35-29)23(2)46-31(41)44-18-20-47-21-19-45-39(42)43/h5-6,9-10,12-15,23,42-43H,3-4,7-8,11,16-22H2,1-2H3. The number of nitrogens with zero attached hydrogens (tertiary/aromatic N) is 7. The summed E-state index contributed by atoms with van der Waals surface area (Å²) in [6.07, 6.45) is 4.95. The van der Waals surface area contributed by atoms with Crippen LogP contribution in [0.5, 0.6) is 0 Å². The molecule has 2 aliphatic rings.